The number of nitrogen functional groups attached to an aromatic ring is 1. The molecular formula is C25H24N4O2. The van der Waals surface area contributed by atoms with Crippen LogP contribution in [0.5, 0.6) is 11.5 Å². The van der Waals surface area contributed by atoms with Gasteiger partial charge in [-0.25, -0.2) is 4.98 Å². The summed E-state index contributed by atoms with van der Waals surface area (Å²) in [5, 5.41) is 4.19. The molecule has 0 atom stereocenters. The van der Waals surface area contributed by atoms with Crippen LogP contribution < -0.4 is 10.5 Å². The molecule has 6 heteroatoms. The quantitative estimate of drug-likeness (QED) is 0.483. The molecule has 2 N–H and O–H groups in total. The fourth-order valence-electron chi connectivity index (χ4n) is 3.33. The van der Waals surface area contributed by atoms with Crippen molar-refractivity contribution < 1.29 is 9.53 Å². The van der Waals surface area contributed by atoms with Gasteiger partial charge in [-0.15, -0.1) is 0 Å². The number of carbonyl (C=O) groups is 1. The molecule has 0 spiro atoms. The molecule has 0 aliphatic rings. The zero-order chi connectivity index (χ0) is 21.8. The average Bonchev–Trinajstić information content (AvgIpc) is 3.18. The molecule has 4 rings (SSSR count). The Morgan fingerprint density at radius 1 is 1.00 bits per heavy atom. The number of nitrogens with two attached hydrogens (primary N) is 1. The summed E-state index contributed by atoms with van der Waals surface area (Å²) >= 11 is 0. The number of carbonyl (C=O) groups excluding carboxylic acids is 1. The van der Waals surface area contributed by atoms with E-state index in [1.165, 1.54) is 5.56 Å². The molecule has 2 heterocycles. The molecule has 0 unspecified atom stereocenters. The molecule has 0 bridgehead atoms. The largest absolute Gasteiger partial charge is 0.453 e. The lowest BCUT2D eigenvalue weighted by atomic mass is 10.0. The maximum atomic E-state index is 12.5. The summed E-state index contributed by atoms with van der Waals surface area (Å²) < 4.78 is 7.73. The lowest BCUT2D eigenvalue weighted by Gasteiger charge is -2.10. The smallest absolute Gasteiger partial charge is 0.170 e. The number of anilines is 1. The number of hydrogen-bond donors (Lipinski definition) is 1. The van der Waals surface area contributed by atoms with Crippen LogP contribution in [-0.4, -0.2) is 20.5 Å². The molecule has 31 heavy (non-hydrogen) atoms. The number of hydrogen-bond acceptors (Lipinski definition) is 5. The van der Waals surface area contributed by atoms with Crippen molar-refractivity contribution in [1.82, 2.24) is 14.8 Å². The molecule has 0 aliphatic carbocycles. The van der Waals surface area contributed by atoms with Gasteiger partial charge in [0.2, 0.25) is 0 Å². The Kier molecular flexibility index (Phi) is 5.80. The zero-order valence-electron chi connectivity index (χ0n) is 17.6. The molecule has 0 saturated heterocycles. The first-order valence-electron chi connectivity index (χ1n) is 10.0. The molecule has 156 valence electrons. The Labute approximate surface area is 181 Å². The van der Waals surface area contributed by atoms with Crippen molar-refractivity contribution in [3.05, 3.63) is 89.9 Å². The van der Waals surface area contributed by atoms with Crippen LogP contribution in [0.1, 0.15) is 16.7 Å². The zero-order valence-corrected chi connectivity index (χ0v) is 17.6. The van der Waals surface area contributed by atoms with Gasteiger partial charge in [-0.1, -0.05) is 42.0 Å². The lowest BCUT2D eigenvalue weighted by Crippen LogP contribution is -2.06. The van der Waals surface area contributed by atoms with Gasteiger partial charge in [0.25, 0.3) is 0 Å². The van der Waals surface area contributed by atoms with Crippen molar-refractivity contribution in [3.8, 4) is 22.6 Å². The molecule has 4 aromatic rings. The highest BCUT2D eigenvalue weighted by molar-refractivity contribution is 5.83. The maximum Gasteiger partial charge on any atom is 0.170 e. The third-order valence-electron chi connectivity index (χ3n) is 4.97. The third kappa shape index (κ3) is 5.17. The van der Waals surface area contributed by atoms with E-state index in [1.54, 1.807) is 17.1 Å². The van der Waals surface area contributed by atoms with Crippen molar-refractivity contribution in [3.63, 3.8) is 0 Å². The summed E-state index contributed by atoms with van der Waals surface area (Å²) in [7, 11) is 1.86. The SMILES string of the molecule is Cc1ccc(CC(=O)Cc2cccc(Oc3cc(-c4cnn(C)c4)cnc3N)c2)cc1. The van der Waals surface area contributed by atoms with Gasteiger partial charge >= 0.3 is 0 Å². The van der Waals surface area contributed by atoms with E-state index in [-0.39, 0.29) is 5.78 Å². The molecular weight excluding hydrogens is 388 g/mol. The molecule has 0 amide bonds. The normalized spacial score (nSPS) is 10.8. The van der Waals surface area contributed by atoms with Crippen molar-refractivity contribution in [1.29, 1.82) is 0 Å². The summed E-state index contributed by atoms with van der Waals surface area (Å²) in [6.45, 7) is 2.03. The molecule has 6 nitrogen and oxygen atoms in total. The number of Topliss-reactive ketones (excluding diaryl/α,β-unsaturated/α-hetero) is 1. The number of rotatable bonds is 7. The number of aryl methyl sites for hydroxylation is 2. The van der Waals surface area contributed by atoms with Crippen LogP contribution >= 0.6 is 0 Å². The minimum absolute atomic E-state index is 0.153. The maximum absolute atomic E-state index is 12.5. The monoisotopic (exact) mass is 412 g/mol. The molecule has 0 aliphatic heterocycles. The van der Waals surface area contributed by atoms with Crippen LogP contribution in [0.25, 0.3) is 11.1 Å². The van der Waals surface area contributed by atoms with Gasteiger partial charge in [-0.05, 0) is 36.2 Å². The first kappa shape index (κ1) is 20.3. The summed E-state index contributed by atoms with van der Waals surface area (Å²) in [5.41, 5.74) is 10.9. The summed E-state index contributed by atoms with van der Waals surface area (Å²) in [4.78, 5) is 16.8. The van der Waals surface area contributed by atoms with E-state index in [0.717, 1.165) is 22.3 Å². The van der Waals surface area contributed by atoms with E-state index < -0.39 is 0 Å². The second-order valence-corrected chi connectivity index (χ2v) is 7.64. The van der Waals surface area contributed by atoms with Crippen molar-refractivity contribution in [2.45, 2.75) is 19.8 Å². The predicted molar refractivity (Wildman–Crippen MR) is 121 cm³/mol. The second-order valence-electron chi connectivity index (χ2n) is 7.64. The van der Waals surface area contributed by atoms with Gasteiger partial charge in [0.1, 0.15) is 11.5 Å². The summed E-state index contributed by atoms with van der Waals surface area (Å²) in [6.07, 6.45) is 6.11. The Morgan fingerprint density at radius 3 is 2.52 bits per heavy atom. The highest BCUT2D eigenvalue weighted by Crippen LogP contribution is 2.31. The number of aromatic nitrogens is 3. The first-order chi connectivity index (χ1) is 15.0. The number of benzene rings is 2. The minimum Gasteiger partial charge on any atom is -0.453 e. The molecule has 2 aromatic carbocycles. The molecule has 0 saturated carbocycles. The van der Waals surface area contributed by atoms with Gasteiger partial charge < -0.3 is 10.5 Å². The molecule has 0 radical (unpaired) electrons. The van der Waals surface area contributed by atoms with E-state index in [2.05, 4.69) is 10.1 Å². The Balaban J connectivity index is 1.47. The highest BCUT2D eigenvalue weighted by Gasteiger charge is 2.10. The minimum atomic E-state index is 0.153. The average molecular weight is 412 g/mol. The number of ketones is 1. The Hall–Kier alpha value is -3.93. The Bertz CT molecular complexity index is 1210. The summed E-state index contributed by atoms with van der Waals surface area (Å²) in [5.74, 6) is 1.52. The fourth-order valence-corrected chi connectivity index (χ4v) is 3.33. The van der Waals surface area contributed by atoms with E-state index in [4.69, 9.17) is 10.5 Å². The topological polar surface area (TPSA) is 83.0 Å². The number of nitrogens with zero attached hydrogens (tertiary/aromatic N) is 3. The lowest BCUT2D eigenvalue weighted by molar-refractivity contribution is -0.117. The van der Waals surface area contributed by atoms with Gasteiger partial charge in [-0.2, -0.15) is 5.10 Å². The number of ether oxygens (including phenoxy) is 1. The Morgan fingerprint density at radius 2 is 1.77 bits per heavy atom. The van der Waals surface area contributed by atoms with Gasteiger partial charge in [0.15, 0.2) is 11.6 Å². The van der Waals surface area contributed by atoms with Crippen LogP contribution in [0.4, 0.5) is 5.82 Å². The van der Waals surface area contributed by atoms with Crippen molar-refractivity contribution in [2.24, 2.45) is 7.05 Å². The van der Waals surface area contributed by atoms with Crippen LogP contribution in [0.15, 0.2) is 73.2 Å². The predicted octanol–water partition coefficient (Wildman–Crippen LogP) is 4.52. The molecule has 0 fully saturated rings. The van der Waals surface area contributed by atoms with Crippen LogP contribution in [-0.2, 0) is 24.7 Å². The van der Waals surface area contributed by atoms with Crippen LogP contribution in [0, 0.1) is 6.92 Å². The van der Waals surface area contributed by atoms with Crippen molar-refractivity contribution in [2.75, 3.05) is 5.73 Å². The van der Waals surface area contributed by atoms with Crippen LogP contribution in [0.3, 0.4) is 0 Å². The van der Waals surface area contributed by atoms with E-state index in [0.29, 0.717) is 30.2 Å². The van der Waals surface area contributed by atoms with E-state index in [1.807, 2.05) is 74.8 Å². The highest BCUT2D eigenvalue weighted by atomic mass is 16.5. The van der Waals surface area contributed by atoms with E-state index in [9.17, 15) is 4.79 Å². The summed E-state index contributed by atoms with van der Waals surface area (Å²) in [6, 6.07) is 17.4. The molecule has 2 aromatic heterocycles. The fraction of sp³-hybridized carbons (Fsp3) is 0.160. The first-order valence-corrected chi connectivity index (χ1v) is 10.0. The van der Waals surface area contributed by atoms with E-state index >= 15 is 0 Å². The standard InChI is InChI=1S/C25H24N4O2/c1-17-6-8-18(9-7-17)10-22(30)11-19-4-3-5-23(12-19)31-24-13-20(14-27-25(24)26)21-15-28-29(2)16-21/h3-9,12-16H,10-11H2,1-2H3,(H2,26,27). The van der Waals surface area contributed by atoms with Gasteiger partial charge in [0.05, 0.1) is 6.20 Å². The van der Waals surface area contributed by atoms with Gasteiger partial charge in [0, 0.05) is 43.4 Å². The van der Waals surface area contributed by atoms with Gasteiger partial charge in [-0.3, -0.25) is 9.48 Å². The second kappa shape index (κ2) is 8.83. The van der Waals surface area contributed by atoms with Crippen LogP contribution in [0.2, 0.25) is 0 Å². The number of pyridine rings is 1. The third-order valence-corrected chi connectivity index (χ3v) is 4.97. The van der Waals surface area contributed by atoms with Crippen molar-refractivity contribution >= 4 is 11.6 Å².